The average Bonchev–Trinajstić information content (AvgIpc) is 2.52. The van der Waals surface area contributed by atoms with E-state index in [4.69, 9.17) is 17.3 Å². The molecule has 0 bridgehead atoms. The van der Waals surface area contributed by atoms with Crippen LogP contribution in [0.5, 0.6) is 0 Å². The highest BCUT2D eigenvalue weighted by atomic mass is 79.9. The lowest BCUT2D eigenvalue weighted by atomic mass is 10.2. The van der Waals surface area contributed by atoms with E-state index in [2.05, 4.69) is 21.0 Å². The molecule has 17 heavy (non-hydrogen) atoms. The number of nitrogen functional groups attached to an aromatic ring is 1. The van der Waals surface area contributed by atoms with Gasteiger partial charge in [-0.3, -0.25) is 0 Å². The third-order valence-corrected chi connectivity index (χ3v) is 3.63. The molecule has 0 atom stereocenters. The van der Waals surface area contributed by atoms with Gasteiger partial charge < -0.3 is 5.73 Å². The number of hydrogen-bond acceptors (Lipinski definition) is 2. The number of hydrogen-bond donors (Lipinski definition) is 1. The minimum absolute atomic E-state index is 0.255. The first-order valence-electron chi connectivity index (χ1n) is 4.91. The normalized spacial score (nSPS) is 10.8. The van der Waals surface area contributed by atoms with E-state index < -0.39 is 0 Å². The molecule has 0 saturated carbocycles. The largest absolute Gasteiger partial charge is 0.383 e. The fraction of sp³-hybridized carbons (Fsp3) is 0.182. The summed E-state index contributed by atoms with van der Waals surface area (Å²) in [4.78, 5) is 0. The van der Waals surface area contributed by atoms with E-state index >= 15 is 0 Å². The minimum atomic E-state index is -0.321. The summed E-state index contributed by atoms with van der Waals surface area (Å²) in [5.74, 6) is 0.153. The van der Waals surface area contributed by atoms with Crippen LogP contribution >= 0.6 is 27.5 Å². The lowest BCUT2D eigenvalue weighted by Gasteiger charge is -2.06. The molecule has 0 saturated heterocycles. The maximum absolute atomic E-state index is 13.5. The number of nitrogens with two attached hydrogens (primary N) is 1. The van der Waals surface area contributed by atoms with Crippen LogP contribution in [0.25, 0.3) is 0 Å². The summed E-state index contributed by atoms with van der Waals surface area (Å²) < 4.78 is 15.8. The van der Waals surface area contributed by atoms with E-state index in [0.29, 0.717) is 16.4 Å². The van der Waals surface area contributed by atoms with E-state index in [1.54, 1.807) is 6.07 Å². The topological polar surface area (TPSA) is 43.8 Å². The number of rotatable bonds is 2. The number of halogens is 3. The van der Waals surface area contributed by atoms with Crippen molar-refractivity contribution in [2.75, 3.05) is 5.73 Å². The van der Waals surface area contributed by atoms with Crippen LogP contribution in [0.15, 0.2) is 22.7 Å². The Hall–Kier alpha value is -1.07. The van der Waals surface area contributed by atoms with Gasteiger partial charge in [-0.05, 0) is 41.1 Å². The van der Waals surface area contributed by atoms with Crippen LogP contribution in [0, 0.1) is 12.7 Å². The molecular formula is C11H10BrClFN3. The molecule has 90 valence electrons. The first kappa shape index (κ1) is 12.4. The SMILES string of the molecule is Cc1nn(Cc2cc(Cl)ccc2F)c(N)c1Br. The van der Waals surface area contributed by atoms with Gasteiger partial charge in [0.15, 0.2) is 0 Å². The van der Waals surface area contributed by atoms with Crippen LogP contribution in [-0.2, 0) is 6.54 Å². The molecular weight excluding hydrogens is 308 g/mol. The molecule has 2 aromatic rings. The molecule has 0 aliphatic carbocycles. The summed E-state index contributed by atoms with van der Waals surface area (Å²) in [6.45, 7) is 2.08. The molecule has 0 spiro atoms. The molecule has 1 aromatic heterocycles. The molecule has 0 radical (unpaired) electrons. The van der Waals surface area contributed by atoms with Crippen LogP contribution in [-0.4, -0.2) is 9.78 Å². The molecule has 0 unspecified atom stereocenters. The smallest absolute Gasteiger partial charge is 0.136 e. The average molecular weight is 319 g/mol. The molecule has 0 amide bonds. The van der Waals surface area contributed by atoms with Crippen LogP contribution < -0.4 is 5.73 Å². The van der Waals surface area contributed by atoms with Crippen molar-refractivity contribution >= 4 is 33.3 Å². The first-order valence-corrected chi connectivity index (χ1v) is 6.08. The Morgan fingerprint density at radius 3 is 2.82 bits per heavy atom. The maximum Gasteiger partial charge on any atom is 0.136 e. The van der Waals surface area contributed by atoms with Crippen molar-refractivity contribution in [1.82, 2.24) is 9.78 Å². The fourth-order valence-corrected chi connectivity index (χ4v) is 2.00. The minimum Gasteiger partial charge on any atom is -0.383 e. The van der Waals surface area contributed by atoms with Gasteiger partial charge in [0, 0.05) is 10.6 Å². The van der Waals surface area contributed by atoms with Crippen molar-refractivity contribution in [1.29, 1.82) is 0 Å². The Bertz CT molecular complexity index is 568. The second kappa shape index (κ2) is 4.66. The van der Waals surface area contributed by atoms with Crippen molar-refractivity contribution in [3.8, 4) is 0 Å². The van der Waals surface area contributed by atoms with Gasteiger partial charge in [-0.1, -0.05) is 11.6 Å². The van der Waals surface area contributed by atoms with Crippen molar-refractivity contribution in [3.05, 3.63) is 44.8 Å². The van der Waals surface area contributed by atoms with Crippen molar-refractivity contribution < 1.29 is 4.39 Å². The summed E-state index contributed by atoms with van der Waals surface area (Å²) in [5.41, 5.74) is 7.06. The summed E-state index contributed by atoms with van der Waals surface area (Å²) >= 11 is 9.14. The van der Waals surface area contributed by atoms with Crippen LogP contribution in [0.1, 0.15) is 11.3 Å². The van der Waals surface area contributed by atoms with Gasteiger partial charge in [-0.15, -0.1) is 0 Å². The third-order valence-electron chi connectivity index (χ3n) is 2.42. The zero-order valence-electron chi connectivity index (χ0n) is 9.04. The zero-order chi connectivity index (χ0) is 12.6. The first-order chi connectivity index (χ1) is 7.99. The molecule has 6 heteroatoms. The number of benzene rings is 1. The molecule has 0 fully saturated rings. The molecule has 0 aliphatic heterocycles. The highest BCUT2D eigenvalue weighted by Crippen LogP contribution is 2.24. The van der Waals surface area contributed by atoms with Gasteiger partial charge in [0.25, 0.3) is 0 Å². The van der Waals surface area contributed by atoms with E-state index in [1.807, 2.05) is 6.92 Å². The Balaban J connectivity index is 2.37. The standard InChI is InChI=1S/C11H10BrClFN3/c1-6-10(12)11(15)17(16-6)5-7-4-8(13)2-3-9(7)14/h2-4H,5,15H2,1H3. The van der Waals surface area contributed by atoms with E-state index in [1.165, 1.54) is 16.8 Å². The number of aromatic nitrogens is 2. The van der Waals surface area contributed by atoms with Gasteiger partial charge in [0.05, 0.1) is 16.7 Å². The summed E-state index contributed by atoms with van der Waals surface area (Å²) in [6, 6.07) is 4.41. The Labute approximate surface area is 112 Å². The molecule has 2 N–H and O–H groups in total. The fourth-order valence-electron chi connectivity index (χ4n) is 1.52. The summed E-state index contributed by atoms with van der Waals surface area (Å²) in [7, 11) is 0. The second-order valence-electron chi connectivity index (χ2n) is 3.68. The lowest BCUT2D eigenvalue weighted by molar-refractivity contribution is 0.586. The molecule has 0 aliphatic rings. The van der Waals surface area contributed by atoms with Gasteiger partial charge in [-0.25, -0.2) is 9.07 Å². The van der Waals surface area contributed by atoms with E-state index in [9.17, 15) is 4.39 Å². The van der Waals surface area contributed by atoms with Crippen LogP contribution in [0.2, 0.25) is 5.02 Å². The van der Waals surface area contributed by atoms with Crippen LogP contribution in [0.3, 0.4) is 0 Å². The van der Waals surface area contributed by atoms with Gasteiger partial charge in [0.1, 0.15) is 11.6 Å². The summed E-state index contributed by atoms with van der Waals surface area (Å²) in [6.07, 6.45) is 0. The van der Waals surface area contributed by atoms with Gasteiger partial charge in [-0.2, -0.15) is 5.10 Å². The van der Waals surface area contributed by atoms with Crippen LogP contribution in [0.4, 0.5) is 10.2 Å². The van der Waals surface area contributed by atoms with Crippen molar-refractivity contribution in [3.63, 3.8) is 0 Å². The Kier molecular flexibility index (Phi) is 3.40. The molecule has 1 heterocycles. The predicted octanol–water partition coefficient (Wildman–Crippen LogP) is 3.38. The monoisotopic (exact) mass is 317 g/mol. The van der Waals surface area contributed by atoms with E-state index in [-0.39, 0.29) is 12.4 Å². The van der Waals surface area contributed by atoms with Gasteiger partial charge >= 0.3 is 0 Å². The Morgan fingerprint density at radius 1 is 1.53 bits per heavy atom. The zero-order valence-corrected chi connectivity index (χ0v) is 11.4. The molecule has 1 aromatic carbocycles. The third kappa shape index (κ3) is 2.45. The number of aryl methyl sites for hydroxylation is 1. The molecule has 2 rings (SSSR count). The molecule has 3 nitrogen and oxygen atoms in total. The predicted molar refractivity (Wildman–Crippen MR) is 69.6 cm³/mol. The highest BCUT2D eigenvalue weighted by molar-refractivity contribution is 9.10. The van der Waals surface area contributed by atoms with Crippen molar-refractivity contribution in [2.45, 2.75) is 13.5 Å². The number of nitrogens with zero attached hydrogens (tertiary/aromatic N) is 2. The van der Waals surface area contributed by atoms with E-state index in [0.717, 1.165) is 10.2 Å². The second-order valence-corrected chi connectivity index (χ2v) is 4.91. The Morgan fingerprint density at radius 2 is 2.24 bits per heavy atom. The number of anilines is 1. The summed E-state index contributed by atoms with van der Waals surface area (Å²) in [5, 5.41) is 4.70. The lowest BCUT2D eigenvalue weighted by Crippen LogP contribution is -2.07. The maximum atomic E-state index is 13.5. The van der Waals surface area contributed by atoms with Gasteiger partial charge in [0.2, 0.25) is 0 Å². The quantitative estimate of drug-likeness (QED) is 0.922. The van der Waals surface area contributed by atoms with Crippen molar-refractivity contribution in [2.24, 2.45) is 0 Å². The highest BCUT2D eigenvalue weighted by Gasteiger charge is 2.12.